The molecular weight excluding hydrogens is 347 g/mol. The van der Waals surface area contributed by atoms with Crippen LogP contribution in [0, 0.1) is 28.6 Å². The molecule has 0 aromatic rings. The number of ether oxygens (including phenoxy) is 1. The smallest absolute Gasteiger partial charge is 0.308 e. The van der Waals surface area contributed by atoms with Gasteiger partial charge in [-0.25, -0.2) is 4.39 Å². The summed E-state index contributed by atoms with van der Waals surface area (Å²) in [6.45, 7) is 9.43. The van der Waals surface area contributed by atoms with E-state index < -0.39 is 23.0 Å². The van der Waals surface area contributed by atoms with Crippen molar-refractivity contribution in [2.75, 3.05) is 0 Å². The van der Waals surface area contributed by atoms with Crippen LogP contribution in [0.25, 0.3) is 0 Å². The van der Waals surface area contributed by atoms with Crippen LogP contribution in [0.2, 0.25) is 0 Å². The molecule has 6 atom stereocenters. The molecule has 144 valence electrons. The third-order valence-corrected chi connectivity index (χ3v) is 7.56. The SMILES string of the molecule is C=C1C[C@@H]2[C@H](CC[C@]3(C)C(=O)[C@H](F)C[C@@H]23)[C@@]2(C)C=CC(=O)C(OC(C)=O)=C12. The predicted octanol–water partition coefficient (Wildman–Crippen LogP) is 3.87. The van der Waals surface area contributed by atoms with E-state index >= 15 is 0 Å². The van der Waals surface area contributed by atoms with E-state index in [9.17, 15) is 18.8 Å². The molecular formula is C22H25FO4. The van der Waals surface area contributed by atoms with Gasteiger partial charge in [-0.15, -0.1) is 0 Å². The molecule has 4 aliphatic carbocycles. The van der Waals surface area contributed by atoms with Gasteiger partial charge in [0.05, 0.1) is 0 Å². The van der Waals surface area contributed by atoms with Crippen LogP contribution in [-0.2, 0) is 19.1 Å². The van der Waals surface area contributed by atoms with Gasteiger partial charge in [0.2, 0.25) is 5.78 Å². The fourth-order valence-corrected chi connectivity index (χ4v) is 6.32. The summed E-state index contributed by atoms with van der Waals surface area (Å²) in [5.74, 6) is -0.755. The Hall–Kier alpha value is -2.04. The second kappa shape index (κ2) is 5.73. The molecule has 5 heteroatoms. The van der Waals surface area contributed by atoms with Gasteiger partial charge in [0.25, 0.3) is 0 Å². The normalized spacial score (nSPS) is 43.3. The number of rotatable bonds is 1. The number of carbonyl (C=O) groups is 3. The molecule has 0 N–H and O–H groups in total. The zero-order valence-electron chi connectivity index (χ0n) is 16.0. The number of carbonyl (C=O) groups excluding carboxylic acids is 3. The van der Waals surface area contributed by atoms with E-state index in [2.05, 4.69) is 6.58 Å². The van der Waals surface area contributed by atoms with E-state index in [1.165, 1.54) is 13.0 Å². The van der Waals surface area contributed by atoms with Gasteiger partial charge in [-0.3, -0.25) is 14.4 Å². The van der Waals surface area contributed by atoms with Crippen LogP contribution < -0.4 is 0 Å². The summed E-state index contributed by atoms with van der Waals surface area (Å²) in [5, 5.41) is 0. The predicted molar refractivity (Wildman–Crippen MR) is 97.1 cm³/mol. The number of hydrogen-bond donors (Lipinski definition) is 0. The number of Topliss-reactive ketones (excluding diaryl/α,β-unsaturated/α-hetero) is 1. The molecule has 0 amide bonds. The molecule has 0 aliphatic heterocycles. The Balaban J connectivity index is 1.80. The first-order chi connectivity index (χ1) is 12.6. The molecule has 0 aromatic heterocycles. The second-order valence-corrected chi connectivity index (χ2v) is 8.99. The first-order valence-electron chi connectivity index (χ1n) is 9.63. The molecule has 0 radical (unpaired) electrons. The largest absolute Gasteiger partial charge is 0.422 e. The molecule has 0 aromatic carbocycles. The standard InChI is InChI=1S/C22H25FO4/c1-11-9-13-14(5-7-22(4)15(13)10-16(23)20(22)26)21(3)8-6-17(25)19(18(11)21)27-12(2)24/h6,8,13-16H,1,5,7,9-10H2,2-4H3/t13-,14+,15+,16-,21-,22+/m1/s1. The summed E-state index contributed by atoms with van der Waals surface area (Å²) in [4.78, 5) is 36.4. The average Bonchev–Trinajstić information content (AvgIpc) is 2.82. The molecule has 0 unspecified atom stereocenters. The summed E-state index contributed by atoms with van der Waals surface area (Å²) < 4.78 is 19.6. The van der Waals surface area contributed by atoms with Crippen LogP contribution in [0.15, 0.2) is 35.6 Å². The maximum atomic E-state index is 14.3. The lowest BCUT2D eigenvalue weighted by Crippen LogP contribution is -2.50. The van der Waals surface area contributed by atoms with Crippen molar-refractivity contribution in [1.29, 1.82) is 0 Å². The number of esters is 1. The highest BCUT2D eigenvalue weighted by Crippen LogP contribution is 2.65. The zero-order valence-corrected chi connectivity index (χ0v) is 16.0. The topological polar surface area (TPSA) is 60.4 Å². The summed E-state index contributed by atoms with van der Waals surface area (Å²) in [6.07, 6.45) is 4.29. The van der Waals surface area contributed by atoms with Crippen molar-refractivity contribution in [2.45, 2.75) is 52.6 Å². The van der Waals surface area contributed by atoms with Gasteiger partial charge in [0, 0.05) is 23.3 Å². The number of hydrogen-bond acceptors (Lipinski definition) is 4. The van der Waals surface area contributed by atoms with E-state index in [1.54, 1.807) is 0 Å². The minimum atomic E-state index is -1.38. The number of alkyl halides is 1. The van der Waals surface area contributed by atoms with Crippen LogP contribution in [-0.4, -0.2) is 23.7 Å². The number of ketones is 2. The van der Waals surface area contributed by atoms with Crippen molar-refractivity contribution in [3.8, 4) is 0 Å². The van der Waals surface area contributed by atoms with Crippen molar-refractivity contribution in [1.82, 2.24) is 0 Å². The van der Waals surface area contributed by atoms with Crippen LogP contribution in [0.3, 0.4) is 0 Å². The lowest BCUT2D eigenvalue weighted by atomic mass is 9.47. The quantitative estimate of drug-likeness (QED) is 0.656. The number of fused-ring (bicyclic) bond motifs is 5. The van der Waals surface area contributed by atoms with Gasteiger partial charge in [0.15, 0.2) is 17.7 Å². The molecule has 4 rings (SSSR count). The van der Waals surface area contributed by atoms with Crippen molar-refractivity contribution < 1.29 is 23.5 Å². The summed E-state index contributed by atoms with van der Waals surface area (Å²) >= 11 is 0. The van der Waals surface area contributed by atoms with Gasteiger partial charge < -0.3 is 4.74 Å². The molecule has 0 spiro atoms. The van der Waals surface area contributed by atoms with E-state index in [1.807, 2.05) is 19.9 Å². The number of allylic oxidation sites excluding steroid dienone is 4. The van der Waals surface area contributed by atoms with Gasteiger partial charge in [-0.05, 0) is 55.1 Å². The third kappa shape index (κ3) is 2.36. The van der Waals surface area contributed by atoms with E-state index in [0.717, 1.165) is 12.0 Å². The van der Waals surface area contributed by atoms with Crippen molar-refractivity contribution in [3.63, 3.8) is 0 Å². The Morgan fingerprint density at radius 3 is 2.67 bits per heavy atom. The van der Waals surface area contributed by atoms with Crippen LogP contribution in [0.5, 0.6) is 0 Å². The first-order valence-corrected chi connectivity index (χ1v) is 9.63. The summed E-state index contributed by atoms with van der Waals surface area (Å²) in [7, 11) is 0. The molecule has 3 saturated carbocycles. The monoisotopic (exact) mass is 372 g/mol. The fraction of sp³-hybridized carbons (Fsp3) is 0.591. The molecule has 4 nitrogen and oxygen atoms in total. The summed E-state index contributed by atoms with van der Waals surface area (Å²) in [5.41, 5.74) is 0.353. The summed E-state index contributed by atoms with van der Waals surface area (Å²) in [6, 6.07) is 0. The van der Waals surface area contributed by atoms with E-state index in [4.69, 9.17) is 4.74 Å². The van der Waals surface area contributed by atoms with Crippen LogP contribution in [0.4, 0.5) is 4.39 Å². The van der Waals surface area contributed by atoms with Crippen molar-refractivity contribution >= 4 is 17.5 Å². The molecule has 27 heavy (non-hydrogen) atoms. The Morgan fingerprint density at radius 1 is 1.30 bits per heavy atom. The van der Waals surface area contributed by atoms with Gasteiger partial charge >= 0.3 is 5.97 Å². The minimum absolute atomic E-state index is 0.0166. The maximum Gasteiger partial charge on any atom is 0.308 e. The molecule has 0 heterocycles. The zero-order chi connectivity index (χ0) is 19.7. The average molecular weight is 372 g/mol. The van der Waals surface area contributed by atoms with Gasteiger partial charge in [0.1, 0.15) is 0 Å². The second-order valence-electron chi connectivity index (χ2n) is 8.99. The maximum absolute atomic E-state index is 14.3. The Kier molecular flexibility index (Phi) is 3.89. The Bertz CT molecular complexity index is 837. The highest BCUT2D eigenvalue weighted by molar-refractivity contribution is 6.06. The molecule has 4 aliphatic rings. The molecule has 0 saturated heterocycles. The molecule has 3 fully saturated rings. The minimum Gasteiger partial charge on any atom is -0.422 e. The van der Waals surface area contributed by atoms with Crippen molar-refractivity contribution in [3.05, 3.63) is 35.6 Å². The van der Waals surface area contributed by atoms with Gasteiger partial charge in [-0.2, -0.15) is 0 Å². The Morgan fingerprint density at radius 2 is 2.00 bits per heavy atom. The molecule has 0 bridgehead atoms. The van der Waals surface area contributed by atoms with Gasteiger partial charge in [-0.1, -0.05) is 26.5 Å². The fourth-order valence-electron chi connectivity index (χ4n) is 6.32. The highest BCUT2D eigenvalue weighted by Gasteiger charge is 2.62. The van der Waals surface area contributed by atoms with E-state index in [0.29, 0.717) is 18.4 Å². The lowest BCUT2D eigenvalue weighted by Gasteiger charge is -2.56. The third-order valence-electron chi connectivity index (χ3n) is 7.56. The number of halogens is 1. The van der Waals surface area contributed by atoms with Crippen molar-refractivity contribution in [2.24, 2.45) is 28.6 Å². The van der Waals surface area contributed by atoms with Crippen LogP contribution >= 0.6 is 0 Å². The van der Waals surface area contributed by atoms with Crippen LogP contribution in [0.1, 0.15) is 46.5 Å². The highest BCUT2D eigenvalue weighted by atomic mass is 19.1. The Labute approximate surface area is 158 Å². The first kappa shape index (κ1) is 18.3. The van der Waals surface area contributed by atoms with E-state index in [-0.39, 0.29) is 41.5 Å². The lowest BCUT2D eigenvalue weighted by molar-refractivity contribution is -0.140.